The molecule has 1 amide bonds. The minimum Gasteiger partial charge on any atom is -0.507 e. The number of nitrogens with zero attached hydrogens (tertiary/aromatic N) is 1. The van der Waals surface area contributed by atoms with Crippen LogP contribution in [0.2, 0.25) is 0 Å². The first-order chi connectivity index (χ1) is 11.5. The number of para-hydroxylation sites is 1. The summed E-state index contributed by atoms with van der Waals surface area (Å²) in [6, 6.07) is 13.4. The molecule has 0 aliphatic heterocycles. The van der Waals surface area contributed by atoms with Gasteiger partial charge >= 0.3 is 5.97 Å². The van der Waals surface area contributed by atoms with E-state index in [4.69, 9.17) is 5.73 Å². The number of amidine groups is 1. The second-order valence-corrected chi connectivity index (χ2v) is 4.76. The molecule has 0 atom stereocenters. The van der Waals surface area contributed by atoms with Crippen LogP contribution in [-0.2, 0) is 9.53 Å². The first-order valence-electron chi connectivity index (χ1n) is 7.22. The lowest BCUT2D eigenvalue weighted by Crippen LogP contribution is -2.30. The average Bonchev–Trinajstić information content (AvgIpc) is 2.60. The highest BCUT2D eigenvalue weighted by molar-refractivity contribution is 6.34. The molecule has 7 nitrogen and oxygen atoms in total. The average molecular weight is 327 g/mol. The van der Waals surface area contributed by atoms with Gasteiger partial charge in [-0.15, -0.1) is 5.10 Å². The highest BCUT2D eigenvalue weighted by atomic mass is 16.5. The van der Waals surface area contributed by atoms with E-state index in [0.29, 0.717) is 16.7 Å². The maximum Gasteiger partial charge on any atom is 0.375 e. The Morgan fingerprint density at radius 2 is 1.96 bits per heavy atom. The Kier molecular flexibility index (Phi) is 5.51. The van der Waals surface area contributed by atoms with Gasteiger partial charge in [-0.2, -0.15) is 0 Å². The molecule has 0 unspecified atom stereocenters. The van der Waals surface area contributed by atoms with E-state index < -0.39 is 17.7 Å². The standard InChI is InChI=1S/C17H17N3O4/c1-2-24-17(23)15(18)19-20-16(22)12-7-5-6-11(10-12)13-8-3-4-9-14(13)21/h3-10,21H,2H2,1H3,(H2,18,19)(H,20,22). The van der Waals surface area contributed by atoms with Crippen molar-refractivity contribution in [3.63, 3.8) is 0 Å². The third-order valence-corrected chi connectivity index (χ3v) is 3.10. The summed E-state index contributed by atoms with van der Waals surface area (Å²) in [5.74, 6) is -1.68. The molecule has 7 heteroatoms. The predicted molar refractivity (Wildman–Crippen MR) is 89.3 cm³/mol. The molecule has 0 aliphatic carbocycles. The van der Waals surface area contributed by atoms with E-state index in [1.54, 1.807) is 55.5 Å². The van der Waals surface area contributed by atoms with E-state index >= 15 is 0 Å². The molecule has 0 aromatic heterocycles. The van der Waals surface area contributed by atoms with Gasteiger partial charge in [-0.25, -0.2) is 10.2 Å². The summed E-state index contributed by atoms with van der Waals surface area (Å²) >= 11 is 0. The number of carbonyl (C=O) groups excluding carboxylic acids is 2. The smallest absolute Gasteiger partial charge is 0.375 e. The number of nitrogens with one attached hydrogen (secondary N) is 1. The number of hydrazone groups is 1. The van der Waals surface area contributed by atoms with Crippen LogP contribution in [0.4, 0.5) is 0 Å². The van der Waals surface area contributed by atoms with Gasteiger partial charge in [0.2, 0.25) is 5.84 Å². The van der Waals surface area contributed by atoms with Crippen LogP contribution < -0.4 is 11.2 Å². The van der Waals surface area contributed by atoms with E-state index in [9.17, 15) is 14.7 Å². The van der Waals surface area contributed by atoms with Crippen molar-refractivity contribution in [1.82, 2.24) is 5.43 Å². The summed E-state index contributed by atoms with van der Waals surface area (Å²) in [5, 5.41) is 13.4. The number of phenols is 1. The van der Waals surface area contributed by atoms with E-state index in [1.165, 1.54) is 0 Å². The van der Waals surface area contributed by atoms with Gasteiger partial charge in [0, 0.05) is 11.1 Å². The molecule has 124 valence electrons. The zero-order chi connectivity index (χ0) is 17.5. The van der Waals surface area contributed by atoms with Crippen LogP contribution in [0.1, 0.15) is 17.3 Å². The van der Waals surface area contributed by atoms with Crippen LogP contribution in [0.5, 0.6) is 5.75 Å². The quantitative estimate of drug-likeness (QED) is 0.342. The molecule has 0 spiro atoms. The number of hydrogen-bond acceptors (Lipinski definition) is 5. The molecule has 2 aromatic rings. The monoisotopic (exact) mass is 327 g/mol. The third-order valence-electron chi connectivity index (χ3n) is 3.10. The topological polar surface area (TPSA) is 114 Å². The lowest BCUT2D eigenvalue weighted by Gasteiger charge is -2.07. The number of benzene rings is 2. The highest BCUT2D eigenvalue weighted by Crippen LogP contribution is 2.28. The molecular formula is C17H17N3O4. The number of esters is 1. The number of rotatable bonds is 4. The Balaban J connectivity index is 2.17. The summed E-state index contributed by atoms with van der Waals surface area (Å²) in [6.45, 7) is 1.79. The van der Waals surface area contributed by atoms with Gasteiger partial charge < -0.3 is 15.6 Å². The number of nitrogens with two attached hydrogens (primary N) is 1. The zero-order valence-corrected chi connectivity index (χ0v) is 13.0. The minimum absolute atomic E-state index is 0.111. The molecule has 2 aromatic carbocycles. The van der Waals surface area contributed by atoms with Crippen molar-refractivity contribution in [2.45, 2.75) is 6.92 Å². The lowest BCUT2D eigenvalue weighted by atomic mass is 10.0. The van der Waals surface area contributed by atoms with Crippen LogP contribution in [0, 0.1) is 0 Å². The Hall–Kier alpha value is -3.35. The lowest BCUT2D eigenvalue weighted by molar-refractivity contribution is -0.135. The molecule has 0 aliphatic rings. The summed E-state index contributed by atoms with van der Waals surface area (Å²) in [7, 11) is 0. The fourth-order valence-electron chi connectivity index (χ4n) is 1.97. The number of aromatic hydroxyl groups is 1. The number of carbonyl (C=O) groups is 2. The van der Waals surface area contributed by atoms with Crippen molar-refractivity contribution < 1.29 is 19.4 Å². The minimum atomic E-state index is -0.805. The summed E-state index contributed by atoms with van der Waals surface area (Å²) in [4.78, 5) is 23.4. The molecule has 24 heavy (non-hydrogen) atoms. The maximum absolute atomic E-state index is 12.1. The Bertz CT molecular complexity index is 787. The Morgan fingerprint density at radius 3 is 2.67 bits per heavy atom. The van der Waals surface area contributed by atoms with Crippen LogP contribution in [-0.4, -0.2) is 29.4 Å². The van der Waals surface area contributed by atoms with Crippen molar-refractivity contribution >= 4 is 17.7 Å². The number of hydrogen-bond donors (Lipinski definition) is 3. The first-order valence-corrected chi connectivity index (χ1v) is 7.22. The normalized spacial score (nSPS) is 11.0. The second-order valence-electron chi connectivity index (χ2n) is 4.76. The fraction of sp³-hybridized carbons (Fsp3) is 0.118. The van der Waals surface area contributed by atoms with E-state index in [2.05, 4.69) is 15.3 Å². The second kappa shape index (κ2) is 7.77. The SMILES string of the molecule is CCOC(=O)/C(N)=N/NC(=O)c1cccc(-c2ccccc2O)c1. The molecule has 0 heterocycles. The van der Waals surface area contributed by atoms with Crippen molar-refractivity contribution in [3.05, 3.63) is 54.1 Å². The molecule has 0 bridgehead atoms. The van der Waals surface area contributed by atoms with E-state index in [1.807, 2.05) is 0 Å². The summed E-state index contributed by atoms with van der Waals surface area (Å²) < 4.78 is 4.66. The summed E-state index contributed by atoms with van der Waals surface area (Å²) in [6.07, 6.45) is 0. The van der Waals surface area contributed by atoms with Gasteiger partial charge in [-0.05, 0) is 30.7 Å². The van der Waals surface area contributed by atoms with Gasteiger partial charge in [-0.3, -0.25) is 4.79 Å². The van der Waals surface area contributed by atoms with E-state index in [-0.39, 0.29) is 12.4 Å². The number of amides is 1. The Labute approximate surface area is 138 Å². The molecule has 0 fully saturated rings. The van der Waals surface area contributed by atoms with Gasteiger partial charge in [0.15, 0.2) is 0 Å². The third kappa shape index (κ3) is 4.10. The van der Waals surface area contributed by atoms with Crippen LogP contribution in [0.15, 0.2) is 53.6 Å². The fourth-order valence-corrected chi connectivity index (χ4v) is 1.97. The first kappa shape index (κ1) is 17.0. The highest BCUT2D eigenvalue weighted by Gasteiger charge is 2.11. The number of phenolic OH excluding ortho intramolecular Hbond substituents is 1. The molecule has 0 saturated carbocycles. The van der Waals surface area contributed by atoms with Crippen molar-refractivity contribution in [2.75, 3.05) is 6.61 Å². The molecule has 4 N–H and O–H groups in total. The van der Waals surface area contributed by atoms with Crippen LogP contribution in [0.25, 0.3) is 11.1 Å². The van der Waals surface area contributed by atoms with Crippen LogP contribution >= 0.6 is 0 Å². The van der Waals surface area contributed by atoms with Gasteiger partial charge in [0.25, 0.3) is 5.91 Å². The summed E-state index contributed by atoms with van der Waals surface area (Å²) in [5.41, 5.74) is 9.16. The van der Waals surface area contributed by atoms with E-state index in [0.717, 1.165) is 0 Å². The van der Waals surface area contributed by atoms with Gasteiger partial charge in [0.1, 0.15) is 5.75 Å². The maximum atomic E-state index is 12.1. The largest absolute Gasteiger partial charge is 0.507 e. The zero-order valence-electron chi connectivity index (χ0n) is 13.0. The molecule has 0 radical (unpaired) electrons. The van der Waals surface area contributed by atoms with Crippen molar-refractivity contribution in [2.24, 2.45) is 10.8 Å². The van der Waals surface area contributed by atoms with Crippen molar-refractivity contribution in [1.29, 1.82) is 0 Å². The molecular weight excluding hydrogens is 310 g/mol. The molecule has 2 rings (SSSR count). The van der Waals surface area contributed by atoms with Crippen molar-refractivity contribution in [3.8, 4) is 16.9 Å². The van der Waals surface area contributed by atoms with Crippen LogP contribution in [0.3, 0.4) is 0 Å². The number of ether oxygens (including phenoxy) is 1. The predicted octanol–water partition coefficient (Wildman–Crippen LogP) is 1.62. The van der Waals surface area contributed by atoms with Gasteiger partial charge in [0.05, 0.1) is 6.61 Å². The Morgan fingerprint density at radius 1 is 1.21 bits per heavy atom. The molecule has 0 saturated heterocycles. The van der Waals surface area contributed by atoms with Gasteiger partial charge in [-0.1, -0.05) is 30.3 Å².